The molecule has 0 aromatic heterocycles. The van der Waals surface area contributed by atoms with Gasteiger partial charge in [-0.25, -0.2) is 0 Å². The number of benzene rings is 2. The molecule has 1 aliphatic heterocycles. The van der Waals surface area contributed by atoms with Crippen LogP contribution in [0.3, 0.4) is 0 Å². The summed E-state index contributed by atoms with van der Waals surface area (Å²) in [6, 6.07) is 18.7. The van der Waals surface area contributed by atoms with Crippen LogP contribution in [-0.2, 0) is 14.9 Å². The third-order valence-corrected chi connectivity index (χ3v) is 6.91. The van der Waals surface area contributed by atoms with Gasteiger partial charge in [-0.3, -0.25) is 4.79 Å². The van der Waals surface area contributed by atoms with E-state index in [1.807, 2.05) is 35.2 Å². The maximum absolute atomic E-state index is 12.6. The molecule has 0 bridgehead atoms. The molecular weight excluding hydrogens is 386 g/mol. The topological polar surface area (TPSA) is 38.8 Å². The Morgan fingerprint density at radius 3 is 2.45 bits per heavy atom. The summed E-state index contributed by atoms with van der Waals surface area (Å²) in [7, 11) is 1.74. The second kappa shape index (κ2) is 10.3. The third kappa shape index (κ3) is 5.30. The number of hydrogen-bond donors (Lipinski definition) is 0. The SMILES string of the molecule is COc1ccccc1[C@]1(CCN(C(C)=O)[C@@H](C)c2ccccc2)CCO[C@@H](C(C)C)C1. The average Bonchev–Trinajstić information content (AvgIpc) is 2.79. The Morgan fingerprint density at radius 2 is 1.81 bits per heavy atom. The number of hydrogen-bond acceptors (Lipinski definition) is 3. The van der Waals surface area contributed by atoms with Gasteiger partial charge in [-0.15, -0.1) is 0 Å². The number of para-hydroxylation sites is 1. The molecule has 0 radical (unpaired) electrons. The zero-order chi connectivity index (χ0) is 22.4. The van der Waals surface area contributed by atoms with Gasteiger partial charge in [-0.1, -0.05) is 62.4 Å². The normalized spacial score (nSPS) is 22.2. The molecule has 1 saturated heterocycles. The lowest BCUT2D eigenvalue weighted by atomic mass is 9.68. The fourth-order valence-corrected chi connectivity index (χ4v) is 4.94. The molecule has 2 aromatic rings. The molecule has 31 heavy (non-hydrogen) atoms. The number of ether oxygens (including phenoxy) is 2. The monoisotopic (exact) mass is 423 g/mol. The van der Waals surface area contributed by atoms with E-state index in [0.717, 1.165) is 37.2 Å². The van der Waals surface area contributed by atoms with Gasteiger partial charge in [-0.05, 0) is 43.7 Å². The van der Waals surface area contributed by atoms with Crippen LogP contribution in [0.25, 0.3) is 0 Å². The van der Waals surface area contributed by atoms with Gasteiger partial charge in [0.15, 0.2) is 0 Å². The van der Waals surface area contributed by atoms with Crippen molar-refractivity contribution in [3.63, 3.8) is 0 Å². The highest BCUT2D eigenvalue weighted by molar-refractivity contribution is 5.73. The quantitative estimate of drug-likeness (QED) is 0.541. The Morgan fingerprint density at radius 1 is 1.13 bits per heavy atom. The summed E-state index contributed by atoms with van der Waals surface area (Å²) in [5.74, 6) is 1.48. The van der Waals surface area contributed by atoms with Gasteiger partial charge in [0, 0.05) is 31.1 Å². The number of amides is 1. The fourth-order valence-electron chi connectivity index (χ4n) is 4.94. The Hall–Kier alpha value is -2.33. The molecule has 0 unspecified atom stereocenters. The molecule has 0 aliphatic carbocycles. The highest BCUT2D eigenvalue weighted by atomic mass is 16.5. The van der Waals surface area contributed by atoms with Crippen molar-refractivity contribution in [2.45, 2.75) is 64.5 Å². The van der Waals surface area contributed by atoms with Crippen molar-refractivity contribution in [2.75, 3.05) is 20.3 Å². The van der Waals surface area contributed by atoms with Crippen LogP contribution in [-0.4, -0.2) is 37.2 Å². The van der Waals surface area contributed by atoms with Gasteiger partial charge in [0.05, 0.1) is 19.3 Å². The van der Waals surface area contributed by atoms with Gasteiger partial charge < -0.3 is 14.4 Å². The second-order valence-electron chi connectivity index (χ2n) is 9.14. The molecule has 3 rings (SSSR count). The van der Waals surface area contributed by atoms with Crippen LogP contribution in [0.5, 0.6) is 5.75 Å². The van der Waals surface area contributed by atoms with E-state index in [1.165, 1.54) is 5.56 Å². The summed E-state index contributed by atoms with van der Waals surface area (Å²) in [6.45, 7) is 9.68. The van der Waals surface area contributed by atoms with Crippen molar-refractivity contribution < 1.29 is 14.3 Å². The zero-order valence-corrected chi connectivity index (χ0v) is 19.6. The molecule has 0 N–H and O–H groups in total. The smallest absolute Gasteiger partial charge is 0.219 e. The molecule has 1 fully saturated rings. The van der Waals surface area contributed by atoms with E-state index >= 15 is 0 Å². The maximum Gasteiger partial charge on any atom is 0.219 e. The second-order valence-corrected chi connectivity index (χ2v) is 9.14. The van der Waals surface area contributed by atoms with Gasteiger partial charge in [-0.2, -0.15) is 0 Å². The Bertz CT molecular complexity index is 851. The summed E-state index contributed by atoms with van der Waals surface area (Å²) in [5.41, 5.74) is 2.32. The highest BCUT2D eigenvalue weighted by Crippen LogP contribution is 2.45. The first-order valence-corrected chi connectivity index (χ1v) is 11.4. The van der Waals surface area contributed by atoms with Crippen molar-refractivity contribution in [1.29, 1.82) is 0 Å². The number of rotatable bonds is 8. The van der Waals surface area contributed by atoms with E-state index in [4.69, 9.17) is 9.47 Å². The van der Waals surface area contributed by atoms with Crippen molar-refractivity contribution >= 4 is 5.91 Å². The van der Waals surface area contributed by atoms with Crippen LogP contribution in [0, 0.1) is 5.92 Å². The Balaban J connectivity index is 1.92. The van der Waals surface area contributed by atoms with Gasteiger partial charge in [0.1, 0.15) is 5.75 Å². The maximum atomic E-state index is 12.6. The van der Waals surface area contributed by atoms with Crippen LogP contribution in [0.2, 0.25) is 0 Å². The molecule has 0 saturated carbocycles. The number of nitrogens with zero attached hydrogens (tertiary/aromatic N) is 1. The number of carbonyl (C=O) groups excluding carboxylic acids is 1. The molecule has 0 spiro atoms. The predicted molar refractivity (Wildman–Crippen MR) is 125 cm³/mol. The van der Waals surface area contributed by atoms with Crippen LogP contribution in [0.4, 0.5) is 0 Å². The molecule has 1 aliphatic rings. The zero-order valence-electron chi connectivity index (χ0n) is 19.6. The molecule has 3 atom stereocenters. The van der Waals surface area contributed by atoms with E-state index in [1.54, 1.807) is 14.0 Å². The van der Waals surface area contributed by atoms with E-state index in [2.05, 4.69) is 45.0 Å². The van der Waals surface area contributed by atoms with Gasteiger partial charge in [0.25, 0.3) is 0 Å². The molecule has 2 aromatic carbocycles. The van der Waals surface area contributed by atoms with E-state index in [-0.39, 0.29) is 23.5 Å². The average molecular weight is 424 g/mol. The highest BCUT2D eigenvalue weighted by Gasteiger charge is 2.41. The van der Waals surface area contributed by atoms with Crippen LogP contribution >= 0.6 is 0 Å². The Kier molecular flexibility index (Phi) is 7.77. The van der Waals surface area contributed by atoms with Crippen molar-refractivity contribution in [2.24, 2.45) is 5.92 Å². The summed E-state index contributed by atoms with van der Waals surface area (Å²) in [4.78, 5) is 14.7. The standard InChI is InChI=1S/C27H37NO3/c1-20(2)26-19-27(16-18-31-26,24-13-9-10-14-25(24)30-5)15-17-28(22(4)29)21(3)23-11-7-6-8-12-23/h6-14,20-21,26H,15-19H2,1-5H3/t21-,26+,27+/m0/s1. The first kappa shape index (κ1) is 23.3. The largest absolute Gasteiger partial charge is 0.496 e. The van der Waals surface area contributed by atoms with Crippen LogP contribution < -0.4 is 4.74 Å². The van der Waals surface area contributed by atoms with E-state index < -0.39 is 0 Å². The molecule has 4 nitrogen and oxygen atoms in total. The predicted octanol–water partition coefficient (Wildman–Crippen LogP) is 5.77. The lowest BCUT2D eigenvalue weighted by Crippen LogP contribution is -2.44. The molecule has 1 amide bonds. The lowest BCUT2D eigenvalue weighted by Gasteiger charge is -2.44. The lowest BCUT2D eigenvalue weighted by molar-refractivity contribution is -0.131. The first-order chi connectivity index (χ1) is 14.9. The summed E-state index contributed by atoms with van der Waals surface area (Å²) in [6.07, 6.45) is 2.96. The number of carbonyl (C=O) groups is 1. The summed E-state index contributed by atoms with van der Waals surface area (Å²) in [5, 5.41) is 0. The van der Waals surface area contributed by atoms with Crippen LogP contribution in [0.1, 0.15) is 64.1 Å². The van der Waals surface area contributed by atoms with Crippen molar-refractivity contribution in [3.8, 4) is 5.75 Å². The summed E-state index contributed by atoms with van der Waals surface area (Å²) >= 11 is 0. The van der Waals surface area contributed by atoms with Crippen molar-refractivity contribution in [3.05, 3.63) is 65.7 Å². The number of methoxy groups -OCH3 is 1. The van der Waals surface area contributed by atoms with Gasteiger partial charge >= 0.3 is 0 Å². The van der Waals surface area contributed by atoms with Crippen LogP contribution in [0.15, 0.2) is 54.6 Å². The molecule has 168 valence electrons. The van der Waals surface area contributed by atoms with Crippen molar-refractivity contribution in [1.82, 2.24) is 4.90 Å². The minimum Gasteiger partial charge on any atom is -0.496 e. The van der Waals surface area contributed by atoms with Gasteiger partial charge in [0.2, 0.25) is 5.91 Å². The fraction of sp³-hybridized carbons (Fsp3) is 0.519. The molecule has 1 heterocycles. The summed E-state index contributed by atoms with van der Waals surface area (Å²) < 4.78 is 11.9. The molecule has 4 heteroatoms. The third-order valence-electron chi connectivity index (χ3n) is 6.91. The minimum absolute atomic E-state index is 0.0363. The minimum atomic E-state index is -0.0795. The van der Waals surface area contributed by atoms with E-state index in [9.17, 15) is 4.79 Å². The first-order valence-electron chi connectivity index (χ1n) is 11.4. The Labute approximate surface area is 187 Å². The van der Waals surface area contributed by atoms with E-state index in [0.29, 0.717) is 12.5 Å². The molecular formula is C27H37NO3.